The summed E-state index contributed by atoms with van der Waals surface area (Å²) in [6, 6.07) is 15.6. The Bertz CT molecular complexity index is 729. The molecule has 1 fully saturated rings. The van der Waals surface area contributed by atoms with E-state index in [9.17, 15) is 4.79 Å². The van der Waals surface area contributed by atoms with Crippen LogP contribution in [0.3, 0.4) is 0 Å². The van der Waals surface area contributed by atoms with Crippen LogP contribution in [0.1, 0.15) is 29.3 Å². The summed E-state index contributed by atoms with van der Waals surface area (Å²) in [5.74, 6) is 0.860. The zero-order valence-electron chi connectivity index (χ0n) is 15.2. The molecular formula is C22H25NO3. The highest BCUT2D eigenvalue weighted by atomic mass is 16.5. The molecule has 3 rings (SSSR count). The number of carbonyl (C=O) groups excluding carboxylic acids is 1. The zero-order chi connectivity index (χ0) is 18.2. The van der Waals surface area contributed by atoms with Crippen molar-refractivity contribution >= 4 is 17.5 Å². The van der Waals surface area contributed by atoms with Crippen molar-refractivity contribution < 1.29 is 14.3 Å². The summed E-state index contributed by atoms with van der Waals surface area (Å²) in [5, 5.41) is 0. The third-order valence-corrected chi connectivity index (χ3v) is 4.31. The van der Waals surface area contributed by atoms with E-state index in [0.29, 0.717) is 12.2 Å². The molecule has 0 atom stereocenters. The summed E-state index contributed by atoms with van der Waals surface area (Å²) in [5.41, 5.74) is 2.81. The largest absolute Gasteiger partial charge is 0.494 e. The molecule has 0 amide bonds. The van der Waals surface area contributed by atoms with E-state index in [0.717, 1.165) is 49.7 Å². The van der Waals surface area contributed by atoms with E-state index in [1.54, 1.807) is 6.08 Å². The first kappa shape index (κ1) is 18.2. The molecule has 1 heterocycles. The number of nitrogens with zero attached hydrogens (tertiary/aromatic N) is 1. The minimum Gasteiger partial charge on any atom is -0.494 e. The van der Waals surface area contributed by atoms with Crippen LogP contribution in [-0.4, -0.2) is 38.7 Å². The van der Waals surface area contributed by atoms with E-state index in [1.807, 2.05) is 54.6 Å². The first-order valence-corrected chi connectivity index (χ1v) is 9.14. The molecule has 0 unspecified atom stereocenters. The molecular weight excluding hydrogens is 326 g/mol. The number of ketones is 1. The summed E-state index contributed by atoms with van der Waals surface area (Å²) in [6.45, 7) is 6.10. The van der Waals surface area contributed by atoms with Gasteiger partial charge in [0.15, 0.2) is 5.78 Å². The van der Waals surface area contributed by atoms with Crippen molar-refractivity contribution in [2.24, 2.45) is 0 Å². The van der Waals surface area contributed by atoms with Crippen molar-refractivity contribution in [3.63, 3.8) is 0 Å². The second kappa shape index (κ2) is 9.20. The predicted octanol–water partition coefficient (Wildman–Crippen LogP) is 4.21. The fourth-order valence-corrected chi connectivity index (χ4v) is 2.82. The van der Waals surface area contributed by atoms with Crippen LogP contribution in [-0.2, 0) is 4.74 Å². The van der Waals surface area contributed by atoms with Gasteiger partial charge in [0, 0.05) is 24.3 Å². The third kappa shape index (κ3) is 4.96. The summed E-state index contributed by atoms with van der Waals surface area (Å²) in [7, 11) is 0. The SMILES string of the molecule is CCCOc1ccc(/C=C/C(=O)c2ccc(N3CCOCC3)cc2)cc1. The van der Waals surface area contributed by atoms with Gasteiger partial charge in [-0.1, -0.05) is 25.1 Å². The fraction of sp³-hybridized carbons (Fsp3) is 0.318. The number of ether oxygens (including phenoxy) is 2. The van der Waals surface area contributed by atoms with E-state index in [2.05, 4.69) is 11.8 Å². The van der Waals surface area contributed by atoms with Gasteiger partial charge in [-0.25, -0.2) is 0 Å². The summed E-state index contributed by atoms with van der Waals surface area (Å²) in [6.07, 6.45) is 4.44. The number of carbonyl (C=O) groups is 1. The van der Waals surface area contributed by atoms with Gasteiger partial charge in [0.25, 0.3) is 0 Å². The normalized spacial score (nSPS) is 14.6. The first-order chi connectivity index (χ1) is 12.8. The first-order valence-electron chi connectivity index (χ1n) is 9.14. The van der Waals surface area contributed by atoms with Crippen LogP contribution < -0.4 is 9.64 Å². The van der Waals surface area contributed by atoms with Crippen LogP contribution in [0.25, 0.3) is 6.08 Å². The predicted molar refractivity (Wildman–Crippen MR) is 105 cm³/mol. The van der Waals surface area contributed by atoms with E-state index in [4.69, 9.17) is 9.47 Å². The highest BCUT2D eigenvalue weighted by Gasteiger charge is 2.11. The molecule has 0 spiro atoms. The Morgan fingerprint density at radius 3 is 2.42 bits per heavy atom. The average Bonchev–Trinajstić information content (AvgIpc) is 2.72. The Hall–Kier alpha value is -2.59. The van der Waals surface area contributed by atoms with E-state index < -0.39 is 0 Å². The molecule has 0 aromatic heterocycles. The lowest BCUT2D eigenvalue weighted by Gasteiger charge is -2.28. The Balaban J connectivity index is 1.59. The average molecular weight is 351 g/mol. The van der Waals surface area contributed by atoms with E-state index >= 15 is 0 Å². The molecule has 0 saturated carbocycles. The molecule has 1 aliphatic rings. The monoisotopic (exact) mass is 351 g/mol. The lowest BCUT2D eigenvalue weighted by molar-refractivity contribution is 0.104. The van der Waals surface area contributed by atoms with Gasteiger partial charge >= 0.3 is 0 Å². The number of anilines is 1. The number of morpholine rings is 1. The molecule has 0 radical (unpaired) electrons. The minimum atomic E-state index is 0.00448. The molecule has 0 N–H and O–H groups in total. The number of rotatable bonds is 7. The highest BCUT2D eigenvalue weighted by Crippen LogP contribution is 2.18. The maximum atomic E-state index is 12.4. The van der Waals surface area contributed by atoms with Crippen LogP contribution in [0.15, 0.2) is 54.6 Å². The van der Waals surface area contributed by atoms with E-state index in [-0.39, 0.29) is 5.78 Å². The molecule has 4 nitrogen and oxygen atoms in total. The van der Waals surface area contributed by atoms with Gasteiger partial charge in [-0.15, -0.1) is 0 Å². The van der Waals surface area contributed by atoms with Gasteiger partial charge < -0.3 is 14.4 Å². The topological polar surface area (TPSA) is 38.8 Å². The minimum absolute atomic E-state index is 0.00448. The van der Waals surface area contributed by atoms with Crippen molar-refractivity contribution in [3.8, 4) is 5.75 Å². The summed E-state index contributed by atoms with van der Waals surface area (Å²) >= 11 is 0. The summed E-state index contributed by atoms with van der Waals surface area (Å²) < 4.78 is 10.9. The highest BCUT2D eigenvalue weighted by molar-refractivity contribution is 6.07. The van der Waals surface area contributed by atoms with Crippen molar-refractivity contribution in [1.29, 1.82) is 0 Å². The van der Waals surface area contributed by atoms with Crippen molar-refractivity contribution in [2.45, 2.75) is 13.3 Å². The number of hydrogen-bond acceptors (Lipinski definition) is 4. The molecule has 0 aliphatic carbocycles. The molecule has 0 bridgehead atoms. The van der Waals surface area contributed by atoms with Crippen molar-refractivity contribution in [3.05, 3.63) is 65.7 Å². The Morgan fingerprint density at radius 2 is 1.77 bits per heavy atom. The van der Waals surface area contributed by atoms with Gasteiger partial charge in [0.05, 0.1) is 19.8 Å². The molecule has 2 aromatic rings. The molecule has 4 heteroatoms. The fourth-order valence-electron chi connectivity index (χ4n) is 2.82. The van der Waals surface area contributed by atoms with Crippen LogP contribution in [0, 0.1) is 0 Å². The van der Waals surface area contributed by atoms with Gasteiger partial charge in [-0.3, -0.25) is 4.79 Å². The second-order valence-corrected chi connectivity index (χ2v) is 6.26. The Kier molecular flexibility index (Phi) is 6.45. The van der Waals surface area contributed by atoms with Crippen molar-refractivity contribution in [1.82, 2.24) is 0 Å². The molecule has 1 saturated heterocycles. The standard InChI is InChI=1S/C22H25NO3/c1-2-15-26-21-10-3-18(4-11-21)5-12-22(24)19-6-8-20(9-7-19)23-13-16-25-17-14-23/h3-12H,2,13-17H2,1H3/b12-5+. The zero-order valence-corrected chi connectivity index (χ0v) is 15.2. The lowest BCUT2D eigenvalue weighted by Crippen LogP contribution is -2.36. The van der Waals surface area contributed by atoms with Crippen LogP contribution in [0.4, 0.5) is 5.69 Å². The molecule has 26 heavy (non-hydrogen) atoms. The van der Waals surface area contributed by atoms with Crippen molar-refractivity contribution in [2.75, 3.05) is 37.8 Å². The van der Waals surface area contributed by atoms with Crippen LogP contribution in [0.5, 0.6) is 5.75 Å². The maximum absolute atomic E-state index is 12.4. The second-order valence-electron chi connectivity index (χ2n) is 6.26. The molecule has 136 valence electrons. The van der Waals surface area contributed by atoms with Gasteiger partial charge in [0.1, 0.15) is 5.75 Å². The number of benzene rings is 2. The number of allylic oxidation sites excluding steroid dienone is 1. The molecule has 1 aliphatic heterocycles. The molecule has 2 aromatic carbocycles. The third-order valence-electron chi connectivity index (χ3n) is 4.31. The van der Waals surface area contributed by atoms with Gasteiger partial charge in [-0.2, -0.15) is 0 Å². The Morgan fingerprint density at radius 1 is 1.08 bits per heavy atom. The van der Waals surface area contributed by atoms with Gasteiger partial charge in [-0.05, 0) is 54.5 Å². The Labute approximate surface area is 155 Å². The quantitative estimate of drug-likeness (QED) is 0.553. The van der Waals surface area contributed by atoms with Crippen LogP contribution in [0.2, 0.25) is 0 Å². The van der Waals surface area contributed by atoms with Gasteiger partial charge in [0.2, 0.25) is 0 Å². The lowest BCUT2D eigenvalue weighted by atomic mass is 10.1. The number of hydrogen-bond donors (Lipinski definition) is 0. The maximum Gasteiger partial charge on any atom is 0.185 e. The van der Waals surface area contributed by atoms with Crippen LogP contribution >= 0.6 is 0 Å². The smallest absolute Gasteiger partial charge is 0.185 e. The van der Waals surface area contributed by atoms with E-state index in [1.165, 1.54) is 0 Å². The summed E-state index contributed by atoms with van der Waals surface area (Å²) in [4.78, 5) is 14.6.